The Bertz CT molecular complexity index is 205. The maximum atomic E-state index is 9.63. The number of aliphatic hydroxyl groups is 1. The first-order valence-corrected chi connectivity index (χ1v) is 7.06. The normalized spacial score (nSPS) is 21.7. The standard InChI is InChI=1S/C14H30N2O/c1-5-13(17)11-16-8-6-12(7-9-16)10-15-14(2,3)4/h12-13,15,17H,5-11H2,1-4H3. The number of piperidine rings is 1. The molecule has 0 bridgehead atoms. The lowest BCUT2D eigenvalue weighted by atomic mass is 9.95. The third-order valence-corrected chi connectivity index (χ3v) is 3.57. The van der Waals surface area contributed by atoms with E-state index in [1.54, 1.807) is 0 Å². The van der Waals surface area contributed by atoms with Gasteiger partial charge in [-0.15, -0.1) is 0 Å². The van der Waals surface area contributed by atoms with Gasteiger partial charge in [-0.25, -0.2) is 0 Å². The Balaban J connectivity index is 2.17. The molecular weight excluding hydrogens is 212 g/mol. The Morgan fingerprint density at radius 3 is 2.35 bits per heavy atom. The van der Waals surface area contributed by atoms with Gasteiger partial charge in [0.1, 0.15) is 0 Å². The monoisotopic (exact) mass is 242 g/mol. The molecule has 3 heteroatoms. The summed E-state index contributed by atoms with van der Waals surface area (Å²) in [6.45, 7) is 13.0. The van der Waals surface area contributed by atoms with Crippen LogP contribution in [-0.2, 0) is 0 Å². The topological polar surface area (TPSA) is 35.5 Å². The van der Waals surface area contributed by atoms with Crippen molar-refractivity contribution in [1.29, 1.82) is 0 Å². The Kier molecular flexibility index (Phi) is 5.90. The number of hydrogen-bond acceptors (Lipinski definition) is 3. The second-order valence-electron chi connectivity index (χ2n) is 6.44. The Labute approximate surface area is 107 Å². The van der Waals surface area contributed by atoms with E-state index in [0.717, 1.165) is 38.5 Å². The van der Waals surface area contributed by atoms with Crippen LogP contribution in [0.3, 0.4) is 0 Å². The van der Waals surface area contributed by atoms with Crippen molar-refractivity contribution >= 4 is 0 Å². The van der Waals surface area contributed by atoms with E-state index in [0.29, 0.717) is 0 Å². The molecule has 1 unspecified atom stereocenters. The van der Waals surface area contributed by atoms with Gasteiger partial charge in [-0.3, -0.25) is 0 Å². The van der Waals surface area contributed by atoms with Crippen LogP contribution in [0, 0.1) is 5.92 Å². The number of aliphatic hydroxyl groups excluding tert-OH is 1. The molecule has 1 fully saturated rings. The molecule has 3 nitrogen and oxygen atoms in total. The van der Waals surface area contributed by atoms with Gasteiger partial charge in [0.2, 0.25) is 0 Å². The number of likely N-dealkylation sites (tertiary alicyclic amines) is 1. The van der Waals surface area contributed by atoms with Gasteiger partial charge in [-0.2, -0.15) is 0 Å². The average Bonchev–Trinajstić information content (AvgIpc) is 2.27. The highest BCUT2D eigenvalue weighted by Gasteiger charge is 2.21. The van der Waals surface area contributed by atoms with Gasteiger partial charge >= 0.3 is 0 Å². The smallest absolute Gasteiger partial charge is 0.0664 e. The van der Waals surface area contributed by atoms with Crippen LogP contribution in [0.25, 0.3) is 0 Å². The molecule has 0 aromatic heterocycles. The predicted molar refractivity (Wildman–Crippen MR) is 73.2 cm³/mol. The van der Waals surface area contributed by atoms with Gasteiger partial charge in [0.15, 0.2) is 0 Å². The Hall–Kier alpha value is -0.120. The Morgan fingerprint density at radius 2 is 1.88 bits per heavy atom. The minimum Gasteiger partial charge on any atom is -0.392 e. The van der Waals surface area contributed by atoms with Crippen LogP contribution in [0.5, 0.6) is 0 Å². The highest BCUT2D eigenvalue weighted by Crippen LogP contribution is 2.17. The summed E-state index contributed by atoms with van der Waals surface area (Å²) < 4.78 is 0. The fraction of sp³-hybridized carbons (Fsp3) is 1.00. The molecule has 1 aliphatic heterocycles. The molecule has 17 heavy (non-hydrogen) atoms. The lowest BCUT2D eigenvalue weighted by molar-refractivity contribution is 0.0859. The molecule has 0 aromatic carbocycles. The van der Waals surface area contributed by atoms with Gasteiger partial charge in [0.25, 0.3) is 0 Å². The summed E-state index contributed by atoms with van der Waals surface area (Å²) in [6, 6.07) is 0. The fourth-order valence-electron chi connectivity index (χ4n) is 2.25. The molecule has 1 saturated heterocycles. The van der Waals surface area contributed by atoms with E-state index in [1.165, 1.54) is 12.8 Å². The van der Waals surface area contributed by atoms with Gasteiger partial charge in [-0.1, -0.05) is 6.92 Å². The molecule has 102 valence electrons. The van der Waals surface area contributed by atoms with Crippen molar-refractivity contribution in [2.24, 2.45) is 5.92 Å². The predicted octanol–water partition coefficient (Wildman–Crippen LogP) is 1.86. The first kappa shape index (κ1) is 14.9. The van der Waals surface area contributed by atoms with Crippen molar-refractivity contribution in [3.63, 3.8) is 0 Å². The molecule has 0 spiro atoms. The van der Waals surface area contributed by atoms with Crippen molar-refractivity contribution in [2.45, 2.75) is 58.6 Å². The largest absolute Gasteiger partial charge is 0.392 e. The summed E-state index contributed by atoms with van der Waals surface area (Å²) in [6.07, 6.45) is 3.25. The molecule has 0 saturated carbocycles. The molecule has 1 heterocycles. The second-order valence-corrected chi connectivity index (χ2v) is 6.44. The first-order chi connectivity index (χ1) is 7.90. The number of nitrogens with zero attached hydrogens (tertiary/aromatic N) is 1. The minimum atomic E-state index is -0.140. The van der Waals surface area contributed by atoms with Gasteiger partial charge in [-0.05, 0) is 65.6 Å². The summed E-state index contributed by atoms with van der Waals surface area (Å²) in [4.78, 5) is 2.40. The zero-order chi connectivity index (χ0) is 12.9. The fourth-order valence-corrected chi connectivity index (χ4v) is 2.25. The van der Waals surface area contributed by atoms with E-state index < -0.39 is 0 Å². The van der Waals surface area contributed by atoms with E-state index in [-0.39, 0.29) is 11.6 Å². The molecule has 0 amide bonds. The maximum absolute atomic E-state index is 9.63. The van der Waals surface area contributed by atoms with Crippen molar-refractivity contribution in [3.8, 4) is 0 Å². The zero-order valence-corrected chi connectivity index (χ0v) is 12.0. The number of rotatable bonds is 5. The van der Waals surface area contributed by atoms with E-state index in [4.69, 9.17) is 0 Å². The lowest BCUT2D eigenvalue weighted by Gasteiger charge is -2.34. The molecule has 1 atom stereocenters. The Morgan fingerprint density at radius 1 is 1.29 bits per heavy atom. The molecule has 1 aliphatic rings. The van der Waals surface area contributed by atoms with Gasteiger partial charge in [0.05, 0.1) is 6.10 Å². The average molecular weight is 242 g/mol. The van der Waals surface area contributed by atoms with E-state index in [2.05, 4.69) is 31.0 Å². The minimum absolute atomic E-state index is 0.140. The summed E-state index contributed by atoms with van der Waals surface area (Å²) in [5.74, 6) is 0.809. The number of hydrogen-bond donors (Lipinski definition) is 2. The van der Waals surface area contributed by atoms with Crippen LogP contribution in [0.2, 0.25) is 0 Å². The highest BCUT2D eigenvalue weighted by molar-refractivity contribution is 4.78. The zero-order valence-electron chi connectivity index (χ0n) is 12.0. The van der Waals surface area contributed by atoms with E-state index in [9.17, 15) is 5.11 Å². The third-order valence-electron chi connectivity index (χ3n) is 3.57. The van der Waals surface area contributed by atoms with Crippen molar-refractivity contribution in [2.75, 3.05) is 26.2 Å². The summed E-state index contributed by atoms with van der Waals surface area (Å²) in [7, 11) is 0. The molecule has 0 radical (unpaired) electrons. The highest BCUT2D eigenvalue weighted by atomic mass is 16.3. The van der Waals surface area contributed by atoms with Crippen LogP contribution >= 0.6 is 0 Å². The van der Waals surface area contributed by atoms with E-state index in [1.807, 2.05) is 6.92 Å². The van der Waals surface area contributed by atoms with Crippen LogP contribution in [0.4, 0.5) is 0 Å². The summed E-state index contributed by atoms with van der Waals surface area (Å²) in [5.41, 5.74) is 0.232. The van der Waals surface area contributed by atoms with Crippen molar-refractivity contribution in [1.82, 2.24) is 10.2 Å². The molecular formula is C14H30N2O. The van der Waals surface area contributed by atoms with Gasteiger partial charge in [0, 0.05) is 12.1 Å². The third kappa shape index (κ3) is 6.39. The van der Waals surface area contributed by atoms with Crippen LogP contribution in [0.1, 0.15) is 47.0 Å². The second kappa shape index (κ2) is 6.72. The van der Waals surface area contributed by atoms with Gasteiger partial charge < -0.3 is 15.3 Å². The van der Waals surface area contributed by atoms with Crippen molar-refractivity contribution in [3.05, 3.63) is 0 Å². The number of nitrogens with one attached hydrogen (secondary N) is 1. The van der Waals surface area contributed by atoms with Crippen LogP contribution in [-0.4, -0.2) is 47.8 Å². The summed E-state index contributed by atoms with van der Waals surface area (Å²) >= 11 is 0. The molecule has 2 N–H and O–H groups in total. The first-order valence-electron chi connectivity index (χ1n) is 7.06. The van der Waals surface area contributed by atoms with Crippen LogP contribution in [0.15, 0.2) is 0 Å². The molecule has 0 aromatic rings. The summed E-state index contributed by atoms with van der Waals surface area (Å²) in [5, 5.41) is 13.2. The number of β-amino-alcohol motifs (C(OH)–C–C–N with tert-alkyl or cyclic N) is 1. The lowest BCUT2D eigenvalue weighted by Crippen LogP contribution is -2.44. The molecule has 1 rings (SSSR count). The maximum Gasteiger partial charge on any atom is 0.0664 e. The molecule has 0 aliphatic carbocycles. The SMILES string of the molecule is CCC(O)CN1CCC(CNC(C)(C)C)CC1. The van der Waals surface area contributed by atoms with Crippen molar-refractivity contribution < 1.29 is 5.11 Å². The van der Waals surface area contributed by atoms with Crippen LogP contribution < -0.4 is 5.32 Å². The quantitative estimate of drug-likeness (QED) is 0.772. The van der Waals surface area contributed by atoms with E-state index >= 15 is 0 Å².